The van der Waals surface area contributed by atoms with E-state index in [2.05, 4.69) is 51.2 Å². The third kappa shape index (κ3) is 4.94. The van der Waals surface area contributed by atoms with Gasteiger partial charge in [-0.25, -0.2) is 5.43 Å². The summed E-state index contributed by atoms with van der Waals surface area (Å²) in [6.07, 6.45) is 3.84. The van der Waals surface area contributed by atoms with Crippen LogP contribution >= 0.6 is 0 Å². The number of benzene rings is 2. The highest BCUT2D eigenvalue weighted by atomic mass is 16.5. The largest absolute Gasteiger partial charge is 0.494 e. The molecule has 0 aromatic heterocycles. The molecule has 0 bridgehead atoms. The Bertz CT molecular complexity index is 767. The van der Waals surface area contributed by atoms with Crippen LogP contribution in [-0.2, 0) is 0 Å². The Balaban J connectivity index is 2.02. The number of hydrazone groups is 1. The van der Waals surface area contributed by atoms with Gasteiger partial charge in [0.25, 0.3) is 5.91 Å². The van der Waals surface area contributed by atoms with Gasteiger partial charge in [-0.15, -0.1) is 0 Å². The Labute approximate surface area is 156 Å². The van der Waals surface area contributed by atoms with Crippen LogP contribution in [0.15, 0.2) is 35.4 Å². The molecule has 1 N–H and O–H groups in total. The minimum absolute atomic E-state index is 0.235. The van der Waals surface area contributed by atoms with Crippen LogP contribution in [0.2, 0.25) is 0 Å². The van der Waals surface area contributed by atoms with Crippen molar-refractivity contribution in [3.8, 4) is 5.75 Å². The highest BCUT2D eigenvalue weighted by Crippen LogP contribution is 2.20. The Morgan fingerprint density at radius 1 is 1.08 bits per heavy atom. The summed E-state index contributed by atoms with van der Waals surface area (Å²) < 4.78 is 5.61. The number of ether oxygens (including phenoxy) is 1. The number of nitrogens with one attached hydrogen (secondary N) is 1. The van der Waals surface area contributed by atoms with Gasteiger partial charge in [-0.3, -0.25) is 4.79 Å². The average Bonchev–Trinajstić information content (AvgIpc) is 2.63. The normalized spacial score (nSPS) is 11.0. The number of hydrogen-bond donors (Lipinski definition) is 1. The molecule has 26 heavy (non-hydrogen) atoms. The first-order valence-corrected chi connectivity index (χ1v) is 9.07. The van der Waals surface area contributed by atoms with E-state index in [1.807, 2.05) is 12.1 Å². The number of carbonyl (C=O) groups excluding carboxylic acids is 1. The van der Waals surface area contributed by atoms with Gasteiger partial charge >= 0.3 is 0 Å². The number of aryl methyl sites for hydroxylation is 2. The Morgan fingerprint density at radius 3 is 2.27 bits per heavy atom. The fourth-order valence-electron chi connectivity index (χ4n) is 2.70. The van der Waals surface area contributed by atoms with Gasteiger partial charge in [0.1, 0.15) is 5.75 Å². The van der Waals surface area contributed by atoms with E-state index in [4.69, 9.17) is 4.74 Å². The van der Waals surface area contributed by atoms with Crippen molar-refractivity contribution in [2.75, 3.05) is 6.61 Å². The number of carbonyl (C=O) groups is 1. The fraction of sp³-hybridized carbons (Fsp3) is 0.364. The zero-order valence-corrected chi connectivity index (χ0v) is 16.3. The van der Waals surface area contributed by atoms with E-state index in [0.29, 0.717) is 12.2 Å². The van der Waals surface area contributed by atoms with Gasteiger partial charge in [0.15, 0.2) is 0 Å². The lowest BCUT2D eigenvalue weighted by Crippen LogP contribution is -2.17. The van der Waals surface area contributed by atoms with Crippen LogP contribution in [-0.4, -0.2) is 18.7 Å². The predicted octanol–water partition coefficient (Wildman–Crippen LogP) is 4.86. The maximum absolute atomic E-state index is 12.2. The number of hydrogen-bond acceptors (Lipinski definition) is 3. The molecule has 0 saturated carbocycles. The van der Waals surface area contributed by atoms with Crippen molar-refractivity contribution in [2.24, 2.45) is 5.10 Å². The maximum Gasteiger partial charge on any atom is 0.271 e. The minimum Gasteiger partial charge on any atom is -0.494 e. The van der Waals surface area contributed by atoms with Crippen LogP contribution in [0.1, 0.15) is 57.9 Å². The highest BCUT2D eigenvalue weighted by Gasteiger charge is 2.07. The van der Waals surface area contributed by atoms with E-state index in [-0.39, 0.29) is 5.91 Å². The van der Waals surface area contributed by atoms with E-state index in [9.17, 15) is 4.79 Å². The number of unbranched alkanes of at least 4 members (excludes halogenated alkanes) is 1. The summed E-state index contributed by atoms with van der Waals surface area (Å²) in [5, 5.41) is 4.15. The summed E-state index contributed by atoms with van der Waals surface area (Å²) in [6.45, 7) is 11.1. The molecule has 0 aliphatic carbocycles. The van der Waals surface area contributed by atoms with E-state index < -0.39 is 0 Å². The maximum atomic E-state index is 12.2. The van der Waals surface area contributed by atoms with Crippen molar-refractivity contribution in [1.29, 1.82) is 0 Å². The van der Waals surface area contributed by atoms with Crippen LogP contribution in [0.5, 0.6) is 5.75 Å². The van der Waals surface area contributed by atoms with Crippen LogP contribution in [0.25, 0.3) is 0 Å². The SMILES string of the molecule is CCCCOc1ccc(C(=O)N/N=C\c2c(C)c(C)cc(C)c2C)cc1. The van der Waals surface area contributed by atoms with Gasteiger partial charge in [0.2, 0.25) is 0 Å². The first-order chi connectivity index (χ1) is 12.4. The summed E-state index contributed by atoms with van der Waals surface area (Å²) in [5.74, 6) is 0.543. The first kappa shape index (κ1) is 19.7. The Kier molecular flexibility index (Phi) is 6.96. The van der Waals surface area contributed by atoms with E-state index in [1.54, 1.807) is 18.3 Å². The van der Waals surface area contributed by atoms with Crippen LogP contribution < -0.4 is 10.2 Å². The number of amides is 1. The fourth-order valence-corrected chi connectivity index (χ4v) is 2.70. The summed E-state index contributed by atoms with van der Waals surface area (Å²) in [4.78, 5) is 12.2. The molecular formula is C22H28N2O2. The van der Waals surface area contributed by atoms with Crippen molar-refractivity contribution in [3.63, 3.8) is 0 Å². The quantitative estimate of drug-likeness (QED) is 0.439. The molecule has 0 heterocycles. The van der Waals surface area contributed by atoms with Gasteiger partial charge < -0.3 is 4.74 Å². The molecule has 4 nitrogen and oxygen atoms in total. The van der Waals surface area contributed by atoms with E-state index >= 15 is 0 Å². The molecule has 1 amide bonds. The van der Waals surface area contributed by atoms with E-state index in [1.165, 1.54) is 22.3 Å². The molecule has 0 atom stereocenters. The molecule has 0 aliphatic rings. The Hall–Kier alpha value is -2.62. The van der Waals surface area contributed by atoms with Gasteiger partial charge in [0, 0.05) is 11.1 Å². The van der Waals surface area contributed by atoms with Gasteiger partial charge in [0.05, 0.1) is 12.8 Å². The molecule has 138 valence electrons. The molecule has 2 rings (SSSR count). The van der Waals surface area contributed by atoms with Gasteiger partial charge in [-0.2, -0.15) is 5.10 Å². The predicted molar refractivity (Wildman–Crippen MR) is 107 cm³/mol. The lowest BCUT2D eigenvalue weighted by molar-refractivity contribution is 0.0955. The standard InChI is InChI=1S/C22H28N2O2/c1-6-7-12-26-20-10-8-19(9-11-20)22(25)24-23-14-21-17(4)15(2)13-16(3)18(21)5/h8-11,13-14H,6-7,12H2,1-5H3,(H,24,25)/b23-14-. The van der Waals surface area contributed by atoms with Crippen molar-refractivity contribution in [2.45, 2.75) is 47.5 Å². The van der Waals surface area contributed by atoms with Gasteiger partial charge in [-0.05, 0) is 80.6 Å². The van der Waals surface area contributed by atoms with Crippen LogP contribution in [0.3, 0.4) is 0 Å². The number of nitrogens with zero attached hydrogens (tertiary/aromatic N) is 1. The molecular weight excluding hydrogens is 324 g/mol. The lowest BCUT2D eigenvalue weighted by atomic mass is 9.95. The van der Waals surface area contributed by atoms with Crippen molar-refractivity contribution in [3.05, 3.63) is 63.7 Å². The van der Waals surface area contributed by atoms with Crippen molar-refractivity contribution in [1.82, 2.24) is 5.43 Å². The van der Waals surface area contributed by atoms with Crippen LogP contribution in [0.4, 0.5) is 0 Å². The second kappa shape index (κ2) is 9.18. The Morgan fingerprint density at radius 2 is 1.69 bits per heavy atom. The molecule has 0 fully saturated rings. The van der Waals surface area contributed by atoms with Crippen LogP contribution in [0, 0.1) is 27.7 Å². The summed E-state index contributed by atoms with van der Waals surface area (Å²) in [5.41, 5.74) is 9.02. The summed E-state index contributed by atoms with van der Waals surface area (Å²) >= 11 is 0. The summed E-state index contributed by atoms with van der Waals surface area (Å²) in [7, 11) is 0. The molecule has 4 heteroatoms. The highest BCUT2D eigenvalue weighted by molar-refractivity contribution is 5.95. The molecule has 0 saturated heterocycles. The molecule has 0 aliphatic heterocycles. The minimum atomic E-state index is -0.235. The molecule has 0 radical (unpaired) electrons. The zero-order valence-electron chi connectivity index (χ0n) is 16.3. The second-order valence-corrected chi connectivity index (χ2v) is 6.60. The number of rotatable bonds is 7. The smallest absolute Gasteiger partial charge is 0.271 e. The second-order valence-electron chi connectivity index (χ2n) is 6.60. The third-order valence-electron chi connectivity index (χ3n) is 4.67. The molecule has 2 aromatic carbocycles. The lowest BCUT2D eigenvalue weighted by Gasteiger charge is -2.11. The topological polar surface area (TPSA) is 50.7 Å². The monoisotopic (exact) mass is 352 g/mol. The zero-order chi connectivity index (χ0) is 19.1. The third-order valence-corrected chi connectivity index (χ3v) is 4.67. The molecule has 0 spiro atoms. The molecule has 0 unspecified atom stereocenters. The van der Waals surface area contributed by atoms with Gasteiger partial charge in [-0.1, -0.05) is 19.4 Å². The van der Waals surface area contributed by atoms with Crippen molar-refractivity contribution < 1.29 is 9.53 Å². The molecule has 2 aromatic rings. The van der Waals surface area contributed by atoms with E-state index in [0.717, 1.165) is 24.2 Å². The summed E-state index contributed by atoms with van der Waals surface area (Å²) in [6, 6.07) is 9.29. The average molecular weight is 352 g/mol. The van der Waals surface area contributed by atoms with Crippen molar-refractivity contribution >= 4 is 12.1 Å². The first-order valence-electron chi connectivity index (χ1n) is 9.07.